The van der Waals surface area contributed by atoms with Crippen LogP contribution in [-0.4, -0.2) is 17.6 Å². The Kier molecular flexibility index (Phi) is 5.78. The van der Waals surface area contributed by atoms with Gasteiger partial charge in [-0.15, -0.1) is 0 Å². The van der Waals surface area contributed by atoms with Crippen molar-refractivity contribution in [3.05, 3.63) is 29.8 Å². The van der Waals surface area contributed by atoms with Crippen molar-refractivity contribution in [2.24, 2.45) is 0 Å². The van der Waals surface area contributed by atoms with E-state index >= 15 is 0 Å². The zero-order valence-electron chi connectivity index (χ0n) is 8.82. The van der Waals surface area contributed by atoms with Crippen LogP contribution in [0, 0.1) is 0 Å². The van der Waals surface area contributed by atoms with E-state index in [1.54, 1.807) is 24.3 Å². The van der Waals surface area contributed by atoms with Crippen LogP contribution in [0.15, 0.2) is 24.3 Å². The van der Waals surface area contributed by atoms with E-state index in [1.807, 2.05) is 0 Å². The fraction of sp³-hybridized carbons (Fsp3) is 0.333. The molecule has 0 amide bonds. The Bertz CT molecular complexity index is 363. The third kappa shape index (κ3) is 4.14. The summed E-state index contributed by atoms with van der Waals surface area (Å²) in [6.07, 6.45) is 2.78. The number of hydrogen-bond acceptors (Lipinski definition) is 3. The second-order valence-corrected chi connectivity index (χ2v) is 4.07. The summed E-state index contributed by atoms with van der Waals surface area (Å²) in [7, 11) is 0. The highest BCUT2D eigenvalue weighted by Crippen LogP contribution is 2.16. The third-order valence-corrected chi connectivity index (χ3v) is 2.60. The van der Waals surface area contributed by atoms with Crippen molar-refractivity contribution in [2.45, 2.75) is 19.3 Å². The molecule has 0 N–H and O–H groups in total. The molecule has 1 rings (SSSR count). The zero-order valence-corrected chi connectivity index (χ0v) is 10.4. The van der Waals surface area contributed by atoms with Crippen molar-refractivity contribution in [1.29, 1.82) is 0 Å². The van der Waals surface area contributed by atoms with Gasteiger partial charge in [0.15, 0.2) is 6.29 Å². The Morgan fingerprint density at radius 3 is 2.75 bits per heavy atom. The molecule has 0 aliphatic rings. The molecular weight excluding hydrogens is 272 g/mol. The van der Waals surface area contributed by atoms with Crippen LogP contribution in [0.4, 0.5) is 0 Å². The van der Waals surface area contributed by atoms with Gasteiger partial charge in [-0.2, -0.15) is 0 Å². The lowest BCUT2D eigenvalue weighted by Gasteiger charge is -2.05. The minimum absolute atomic E-state index is 0.296. The number of alkyl halides is 1. The topological polar surface area (TPSA) is 43.4 Å². The highest BCUT2D eigenvalue weighted by Gasteiger charge is 2.07. The Hall–Kier alpha value is -1.16. The van der Waals surface area contributed by atoms with Crippen LogP contribution in [0.5, 0.6) is 5.75 Å². The largest absolute Gasteiger partial charge is 0.426 e. The van der Waals surface area contributed by atoms with Gasteiger partial charge in [-0.25, -0.2) is 0 Å². The maximum atomic E-state index is 11.4. The molecule has 0 aromatic heterocycles. The first kappa shape index (κ1) is 12.9. The van der Waals surface area contributed by atoms with Gasteiger partial charge in [0.05, 0.1) is 5.56 Å². The third-order valence-electron chi connectivity index (χ3n) is 2.03. The Labute approximate surface area is 103 Å². The number of esters is 1. The van der Waals surface area contributed by atoms with Gasteiger partial charge in [-0.1, -0.05) is 28.1 Å². The maximum absolute atomic E-state index is 11.4. The highest BCUT2D eigenvalue weighted by molar-refractivity contribution is 9.09. The normalized spacial score (nSPS) is 9.81. The first-order chi connectivity index (χ1) is 7.77. The zero-order chi connectivity index (χ0) is 11.8. The summed E-state index contributed by atoms with van der Waals surface area (Å²) in [5.41, 5.74) is 0.399. The second-order valence-electron chi connectivity index (χ2n) is 3.28. The monoisotopic (exact) mass is 284 g/mol. The molecule has 4 heteroatoms. The molecule has 3 nitrogen and oxygen atoms in total. The average molecular weight is 285 g/mol. The molecule has 0 aliphatic heterocycles. The van der Waals surface area contributed by atoms with Crippen LogP contribution in [-0.2, 0) is 4.79 Å². The van der Waals surface area contributed by atoms with Crippen molar-refractivity contribution in [1.82, 2.24) is 0 Å². The molecule has 86 valence electrons. The summed E-state index contributed by atoms with van der Waals surface area (Å²) in [5.74, 6) is 0.0385. The predicted molar refractivity (Wildman–Crippen MR) is 65.1 cm³/mol. The molecule has 1 aromatic rings. The van der Waals surface area contributed by atoms with Crippen molar-refractivity contribution >= 4 is 28.2 Å². The Balaban J connectivity index is 2.52. The van der Waals surface area contributed by atoms with E-state index in [9.17, 15) is 9.59 Å². The number of halogens is 1. The van der Waals surface area contributed by atoms with E-state index in [0.29, 0.717) is 24.0 Å². The van der Waals surface area contributed by atoms with E-state index in [0.717, 1.165) is 18.2 Å². The molecule has 0 heterocycles. The molecule has 0 saturated heterocycles. The number of unbranched alkanes of at least 4 members (excludes halogenated alkanes) is 1. The number of aldehydes is 1. The van der Waals surface area contributed by atoms with Gasteiger partial charge in [-0.05, 0) is 25.0 Å². The number of rotatable bonds is 6. The fourth-order valence-corrected chi connectivity index (χ4v) is 1.60. The van der Waals surface area contributed by atoms with Crippen molar-refractivity contribution < 1.29 is 14.3 Å². The lowest BCUT2D eigenvalue weighted by molar-refractivity contribution is -0.134. The molecule has 0 bridgehead atoms. The summed E-state index contributed by atoms with van der Waals surface area (Å²) in [4.78, 5) is 22.1. The molecule has 0 unspecified atom stereocenters. The van der Waals surface area contributed by atoms with Gasteiger partial charge in [0.2, 0.25) is 0 Å². The summed E-state index contributed by atoms with van der Waals surface area (Å²) in [6.45, 7) is 0. The van der Waals surface area contributed by atoms with Crippen LogP contribution in [0.3, 0.4) is 0 Å². The standard InChI is InChI=1S/C12H13BrO3/c13-8-4-3-7-12(15)16-11-6-2-1-5-10(11)9-14/h1-2,5-6,9H,3-4,7-8H2. The molecule has 0 spiro atoms. The molecule has 0 radical (unpaired) electrons. The number of carbonyl (C=O) groups is 2. The van der Waals surface area contributed by atoms with Gasteiger partial charge in [0, 0.05) is 11.8 Å². The van der Waals surface area contributed by atoms with Crippen LogP contribution in [0.2, 0.25) is 0 Å². The first-order valence-electron chi connectivity index (χ1n) is 5.08. The Morgan fingerprint density at radius 2 is 2.06 bits per heavy atom. The van der Waals surface area contributed by atoms with Crippen LogP contribution >= 0.6 is 15.9 Å². The van der Waals surface area contributed by atoms with Crippen molar-refractivity contribution in [2.75, 3.05) is 5.33 Å². The summed E-state index contributed by atoms with van der Waals surface area (Å²) < 4.78 is 5.10. The second kappa shape index (κ2) is 7.17. The Morgan fingerprint density at radius 1 is 1.31 bits per heavy atom. The van der Waals surface area contributed by atoms with Gasteiger partial charge in [0.25, 0.3) is 0 Å². The molecular formula is C12H13BrO3. The number of hydrogen-bond donors (Lipinski definition) is 0. The lowest BCUT2D eigenvalue weighted by atomic mass is 10.2. The molecule has 0 fully saturated rings. The number of para-hydroxylation sites is 1. The van der Waals surface area contributed by atoms with Gasteiger partial charge in [-0.3, -0.25) is 9.59 Å². The van der Waals surface area contributed by atoms with Crippen molar-refractivity contribution in [3.63, 3.8) is 0 Å². The summed E-state index contributed by atoms with van der Waals surface area (Å²) in [5, 5.41) is 0.880. The van der Waals surface area contributed by atoms with Crippen molar-refractivity contribution in [3.8, 4) is 5.75 Å². The SMILES string of the molecule is O=Cc1ccccc1OC(=O)CCCCBr. The van der Waals surface area contributed by atoms with E-state index in [4.69, 9.17) is 4.74 Å². The molecule has 1 aromatic carbocycles. The fourth-order valence-electron chi connectivity index (χ4n) is 1.21. The van der Waals surface area contributed by atoms with Crippen LogP contribution < -0.4 is 4.74 Å². The van der Waals surface area contributed by atoms with E-state index in [-0.39, 0.29) is 5.97 Å². The lowest BCUT2D eigenvalue weighted by Crippen LogP contribution is -2.08. The first-order valence-corrected chi connectivity index (χ1v) is 6.21. The minimum Gasteiger partial charge on any atom is -0.426 e. The van der Waals surface area contributed by atoms with Crippen LogP contribution in [0.25, 0.3) is 0 Å². The molecule has 16 heavy (non-hydrogen) atoms. The van der Waals surface area contributed by atoms with Crippen LogP contribution in [0.1, 0.15) is 29.6 Å². The summed E-state index contributed by atoms with van der Waals surface area (Å²) in [6, 6.07) is 6.69. The molecule has 0 saturated carbocycles. The smallest absolute Gasteiger partial charge is 0.311 e. The molecule has 0 aliphatic carbocycles. The minimum atomic E-state index is -0.296. The average Bonchev–Trinajstić information content (AvgIpc) is 2.30. The number of benzene rings is 1. The van der Waals surface area contributed by atoms with Gasteiger partial charge >= 0.3 is 5.97 Å². The van der Waals surface area contributed by atoms with E-state index in [2.05, 4.69) is 15.9 Å². The number of carbonyl (C=O) groups excluding carboxylic acids is 2. The van der Waals surface area contributed by atoms with Gasteiger partial charge < -0.3 is 4.74 Å². The van der Waals surface area contributed by atoms with E-state index < -0.39 is 0 Å². The predicted octanol–water partition coefficient (Wildman–Crippen LogP) is 2.97. The van der Waals surface area contributed by atoms with Gasteiger partial charge in [0.1, 0.15) is 5.75 Å². The quantitative estimate of drug-likeness (QED) is 0.265. The summed E-state index contributed by atoms with van der Waals surface area (Å²) >= 11 is 3.29. The highest BCUT2D eigenvalue weighted by atomic mass is 79.9. The maximum Gasteiger partial charge on any atom is 0.311 e. The molecule has 0 atom stereocenters. The number of ether oxygens (including phenoxy) is 1. The van der Waals surface area contributed by atoms with E-state index in [1.165, 1.54) is 0 Å².